The average molecular weight is 197 g/mol. The Hall–Kier alpha value is -0.843. The van der Waals surface area contributed by atoms with Crippen molar-refractivity contribution in [3.63, 3.8) is 0 Å². The number of anilines is 1. The largest absolute Gasteiger partial charge is 0.399 e. The van der Waals surface area contributed by atoms with Crippen LogP contribution < -0.4 is 5.73 Å². The van der Waals surface area contributed by atoms with Gasteiger partial charge in [0.2, 0.25) is 0 Å². The van der Waals surface area contributed by atoms with Gasteiger partial charge in [-0.3, -0.25) is 0 Å². The summed E-state index contributed by atoms with van der Waals surface area (Å²) in [4.78, 5) is 0. The molecule has 3 nitrogen and oxygen atoms in total. The molecule has 1 rings (SSSR count). The predicted molar refractivity (Wildman–Crippen MR) is 56.5 cm³/mol. The van der Waals surface area contributed by atoms with E-state index in [1.165, 1.54) is 0 Å². The molecule has 0 amide bonds. The molecule has 1 aromatic carbocycles. The van der Waals surface area contributed by atoms with Crippen LogP contribution in [-0.2, 0) is 14.9 Å². The van der Waals surface area contributed by atoms with E-state index >= 15 is 0 Å². The fourth-order valence-corrected chi connectivity index (χ4v) is 1.45. The van der Waals surface area contributed by atoms with Crippen molar-refractivity contribution in [1.82, 2.24) is 0 Å². The zero-order chi connectivity index (χ0) is 9.90. The summed E-state index contributed by atoms with van der Waals surface area (Å²) in [5.41, 5.74) is 6.80. The molecule has 0 saturated carbocycles. The van der Waals surface area contributed by atoms with Crippen molar-refractivity contribution < 1.29 is 9.47 Å². The third kappa shape index (κ3) is 2.09. The molecule has 0 aromatic heterocycles. The van der Waals surface area contributed by atoms with Gasteiger partial charge in [0.25, 0.3) is 0 Å². The molecule has 0 fully saturated rings. The van der Waals surface area contributed by atoms with Gasteiger partial charge in [-0.2, -0.15) is 0 Å². The number of rotatable bonds is 3. The molecule has 0 aliphatic carbocycles. The van der Waals surface area contributed by atoms with Crippen molar-refractivity contribution in [2.45, 2.75) is 5.41 Å². The lowest BCUT2D eigenvalue weighted by molar-refractivity contribution is -0.148. The second-order valence-corrected chi connectivity index (χ2v) is 4.30. The second kappa shape index (κ2) is 3.91. The van der Waals surface area contributed by atoms with Gasteiger partial charge in [-0.15, -0.1) is 0 Å². The van der Waals surface area contributed by atoms with Crippen molar-refractivity contribution in [3.05, 3.63) is 29.8 Å². The first-order valence-electron chi connectivity index (χ1n) is 4.08. The first kappa shape index (κ1) is 10.2. The smallest absolute Gasteiger partial charge is 0.165 e. The SMILES string of the molecule is COC([SiH3])(OC)c1cccc(N)c1. The molecule has 0 atom stereocenters. The Bertz CT molecular complexity index is 287. The number of nitrogen functional groups attached to an aromatic ring is 1. The zero-order valence-electron chi connectivity index (χ0n) is 8.20. The summed E-state index contributed by atoms with van der Waals surface area (Å²) < 4.78 is 10.6. The van der Waals surface area contributed by atoms with Gasteiger partial charge in [-0.1, -0.05) is 12.1 Å². The Morgan fingerprint density at radius 3 is 2.38 bits per heavy atom. The van der Waals surface area contributed by atoms with Gasteiger partial charge in [0.1, 0.15) is 0 Å². The molecular formula is C9H15NO2Si. The molecule has 4 heteroatoms. The normalized spacial score (nSPS) is 11.8. The highest BCUT2D eigenvalue weighted by Crippen LogP contribution is 2.23. The summed E-state index contributed by atoms with van der Waals surface area (Å²) in [5, 5.41) is 0. The average Bonchev–Trinajstić information content (AvgIpc) is 2.17. The Morgan fingerprint density at radius 1 is 1.31 bits per heavy atom. The van der Waals surface area contributed by atoms with E-state index in [-0.39, 0.29) is 0 Å². The lowest BCUT2D eigenvalue weighted by atomic mass is 10.2. The van der Waals surface area contributed by atoms with Crippen LogP contribution in [0.15, 0.2) is 24.3 Å². The lowest BCUT2D eigenvalue weighted by Crippen LogP contribution is -2.31. The number of methoxy groups -OCH3 is 2. The number of nitrogens with two attached hydrogens (primary N) is 1. The molecule has 0 saturated heterocycles. The first-order valence-corrected chi connectivity index (χ1v) is 5.08. The number of hydrogen-bond donors (Lipinski definition) is 1. The van der Waals surface area contributed by atoms with E-state index in [0.717, 1.165) is 21.5 Å². The van der Waals surface area contributed by atoms with Gasteiger partial charge < -0.3 is 15.2 Å². The molecule has 0 spiro atoms. The van der Waals surface area contributed by atoms with Crippen LogP contribution >= 0.6 is 0 Å². The Morgan fingerprint density at radius 2 is 1.92 bits per heavy atom. The van der Waals surface area contributed by atoms with E-state index in [2.05, 4.69) is 0 Å². The number of ether oxygens (including phenoxy) is 2. The Labute approximate surface area is 81.3 Å². The van der Waals surface area contributed by atoms with Crippen LogP contribution in [-0.4, -0.2) is 24.5 Å². The topological polar surface area (TPSA) is 44.5 Å². The van der Waals surface area contributed by atoms with Crippen LogP contribution in [0.1, 0.15) is 5.56 Å². The van der Waals surface area contributed by atoms with Crippen molar-refractivity contribution in [1.29, 1.82) is 0 Å². The molecule has 0 bridgehead atoms. The van der Waals surface area contributed by atoms with Crippen molar-refractivity contribution >= 4 is 15.9 Å². The summed E-state index contributed by atoms with van der Waals surface area (Å²) in [6, 6.07) is 7.57. The van der Waals surface area contributed by atoms with E-state index in [0.29, 0.717) is 0 Å². The van der Waals surface area contributed by atoms with Crippen LogP contribution in [0.3, 0.4) is 0 Å². The van der Waals surface area contributed by atoms with Crippen molar-refractivity contribution in [2.24, 2.45) is 0 Å². The molecule has 0 heterocycles. The van der Waals surface area contributed by atoms with Crippen molar-refractivity contribution in [2.75, 3.05) is 20.0 Å². The summed E-state index contributed by atoms with van der Waals surface area (Å²) in [6.07, 6.45) is 0. The van der Waals surface area contributed by atoms with Gasteiger partial charge in [-0.25, -0.2) is 0 Å². The quantitative estimate of drug-likeness (QED) is 0.423. The molecular weight excluding hydrogens is 182 g/mol. The van der Waals surface area contributed by atoms with Gasteiger partial charge in [0, 0.05) is 25.5 Å². The molecule has 0 radical (unpaired) electrons. The molecule has 0 unspecified atom stereocenters. The maximum Gasteiger partial charge on any atom is 0.165 e. The minimum Gasteiger partial charge on any atom is -0.399 e. The van der Waals surface area contributed by atoms with E-state index < -0.39 is 5.41 Å². The van der Waals surface area contributed by atoms with Gasteiger partial charge >= 0.3 is 0 Å². The standard InChI is InChI=1S/C9H15NO2Si/c1-11-9(13,12-2)7-4-3-5-8(10)6-7/h3-6H,10H2,1-2,13H3. The van der Waals surface area contributed by atoms with Gasteiger partial charge in [0.15, 0.2) is 5.41 Å². The molecule has 2 N–H and O–H groups in total. The van der Waals surface area contributed by atoms with E-state index in [1.54, 1.807) is 14.2 Å². The predicted octanol–water partition coefficient (Wildman–Crippen LogP) is 0.0373. The summed E-state index contributed by atoms with van der Waals surface area (Å²) in [6.45, 7) is 0. The summed E-state index contributed by atoms with van der Waals surface area (Å²) in [7, 11) is 4.03. The maximum atomic E-state index is 5.67. The fraction of sp³-hybridized carbons (Fsp3) is 0.333. The molecule has 72 valence electrons. The molecule has 13 heavy (non-hydrogen) atoms. The van der Waals surface area contributed by atoms with Crippen LogP contribution in [0.5, 0.6) is 0 Å². The first-order chi connectivity index (χ1) is 6.12. The van der Waals surface area contributed by atoms with E-state index in [9.17, 15) is 0 Å². The number of benzene rings is 1. The summed E-state index contributed by atoms with van der Waals surface area (Å²) in [5.74, 6) is 0. The van der Waals surface area contributed by atoms with E-state index in [1.807, 2.05) is 24.3 Å². The van der Waals surface area contributed by atoms with Crippen LogP contribution in [0.4, 0.5) is 5.69 Å². The molecule has 0 aliphatic rings. The lowest BCUT2D eigenvalue weighted by Gasteiger charge is -2.27. The highest BCUT2D eigenvalue weighted by molar-refractivity contribution is 6.13. The maximum absolute atomic E-state index is 5.67. The highest BCUT2D eigenvalue weighted by Gasteiger charge is 2.24. The second-order valence-electron chi connectivity index (χ2n) is 2.98. The Kier molecular flexibility index (Phi) is 3.08. The number of hydrogen-bond acceptors (Lipinski definition) is 3. The Balaban J connectivity index is 3.05. The van der Waals surface area contributed by atoms with Gasteiger partial charge in [-0.05, 0) is 12.1 Å². The fourth-order valence-electron chi connectivity index (χ4n) is 1.14. The third-order valence-electron chi connectivity index (χ3n) is 2.19. The third-order valence-corrected chi connectivity index (χ3v) is 3.58. The monoisotopic (exact) mass is 197 g/mol. The van der Waals surface area contributed by atoms with Gasteiger partial charge in [0.05, 0.1) is 10.2 Å². The van der Waals surface area contributed by atoms with Crippen LogP contribution in [0.2, 0.25) is 0 Å². The van der Waals surface area contributed by atoms with E-state index in [4.69, 9.17) is 15.2 Å². The van der Waals surface area contributed by atoms with Crippen LogP contribution in [0.25, 0.3) is 0 Å². The van der Waals surface area contributed by atoms with Crippen molar-refractivity contribution in [3.8, 4) is 0 Å². The molecule has 0 aliphatic heterocycles. The minimum absolute atomic E-state index is 0.574. The molecule has 1 aromatic rings. The minimum atomic E-state index is -0.574. The zero-order valence-corrected chi connectivity index (χ0v) is 10.2. The summed E-state index contributed by atoms with van der Waals surface area (Å²) >= 11 is 0. The van der Waals surface area contributed by atoms with Crippen LogP contribution in [0, 0.1) is 0 Å². The highest BCUT2D eigenvalue weighted by atomic mass is 28.1.